The standard InChI is InChI=1S/C12H16O2S/c1-9-6-12(14,8-15-9)7-10-2-4-11(13)5-3-10/h2-5,9,13-14H,6-8H2,1H3. The molecule has 3 heteroatoms. The van der Waals surface area contributed by atoms with Gasteiger partial charge < -0.3 is 10.2 Å². The largest absolute Gasteiger partial charge is 0.508 e. The van der Waals surface area contributed by atoms with Gasteiger partial charge in [0.15, 0.2) is 0 Å². The minimum atomic E-state index is -0.555. The van der Waals surface area contributed by atoms with E-state index in [1.54, 1.807) is 12.1 Å². The van der Waals surface area contributed by atoms with Crippen molar-refractivity contribution in [1.82, 2.24) is 0 Å². The smallest absolute Gasteiger partial charge is 0.115 e. The van der Waals surface area contributed by atoms with Gasteiger partial charge in [-0.1, -0.05) is 19.1 Å². The van der Waals surface area contributed by atoms with E-state index in [9.17, 15) is 5.11 Å². The van der Waals surface area contributed by atoms with Crippen molar-refractivity contribution in [3.63, 3.8) is 0 Å². The summed E-state index contributed by atoms with van der Waals surface area (Å²) in [6, 6.07) is 7.09. The fraction of sp³-hybridized carbons (Fsp3) is 0.500. The number of rotatable bonds is 2. The summed E-state index contributed by atoms with van der Waals surface area (Å²) >= 11 is 1.83. The van der Waals surface area contributed by atoms with Crippen molar-refractivity contribution >= 4 is 11.8 Å². The average Bonchev–Trinajstić information content (AvgIpc) is 2.50. The Bertz CT molecular complexity index is 336. The van der Waals surface area contributed by atoms with Crippen LogP contribution in [0.1, 0.15) is 18.9 Å². The monoisotopic (exact) mass is 224 g/mol. The van der Waals surface area contributed by atoms with Gasteiger partial charge in [-0.15, -0.1) is 0 Å². The van der Waals surface area contributed by atoms with E-state index in [0.29, 0.717) is 11.7 Å². The highest BCUT2D eigenvalue weighted by Crippen LogP contribution is 2.36. The molecule has 1 aliphatic rings. The summed E-state index contributed by atoms with van der Waals surface area (Å²) in [5.74, 6) is 1.09. The molecule has 0 spiro atoms. The molecular weight excluding hydrogens is 208 g/mol. The summed E-state index contributed by atoms with van der Waals surface area (Å²) < 4.78 is 0. The number of thioether (sulfide) groups is 1. The van der Waals surface area contributed by atoms with Gasteiger partial charge in [0.1, 0.15) is 5.75 Å². The molecule has 1 heterocycles. The van der Waals surface area contributed by atoms with Crippen molar-refractivity contribution in [1.29, 1.82) is 0 Å². The number of hydrogen-bond acceptors (Lipinski definition) is 3. The number of aromatic hydroxyl groups is 1. The molecule has 0 aliphatic carbocycles. The second kappa shape index (κ2) is 4.06. The Morgan fingerprint density at radius 3 is 2.60 bits per heavy atom. The fourth-order valence-corrected chi connectivity index (χ4v) is 3.31. The van der Waals surface area contributed by atoms with Gasteiger partial charge in [0, 0.05) is 17.4 Å². The third kappa shape index (κ3) is 2.67. The molecule has 1 aromatic carbocycles. The van der Waals surface area contributed by atoms with E-state index in [1.807, 2.05) is 23.9 Å². The minimum Gasteiger partial charge on any atom is -0.508 e. The van der Waals surface area contributed by atoms with Crippen molar-refractivity contribution < 1.29 is 10.2 Å². The molecule has 1 saturated heterocycles. The van der Waals surface area contributed by atoms with Gasteiger partial charge >= 0.3 is 0 Å². The molecule has 0 saturated carbocycles. The maximum absolute atomic E-state index is 10.3. The molecule has 0 amide bonds. The van der Waals surface area contributed by atoms with Crippen molar-refractivity contribution in [2.24, 2.45) is 0 Å². The Balaban J connectivity index is 2.05. The Morgan fingerprint density at radius 2 is 2.07 bits per heavy atom. The third-order valence-corrected chi connectivity index (χ3v) is 4.21. The second-order valence-electron chi connectivity index (χ2n) is 4.39. The minimum absolute atomic E-state index is 0.278. The summed E-state index contributed by atoms with van der Waals surface area (Å²) in [6.07, 6.45) is 1.54. The molecule has 0 radical (unpaired) electrons. The Morgan fingerprint density at radius 1 is 1.40 bits per heavy atom. The van der Waals surface area contributed by atoms with Crippen molar-refractivity contribution in [2.45, 2.75) is 30.6 Å². The normalized spacial score (nSPS) is 30.7. The molecule has 0 bridgehead atoms. The molecule has 2 atom stereocenters. The topological polar surface area (TPSA) is 40.5 Å². The lowest BCUT2D eigenvalue weighted by atomic mass is 9.92. The second-order valence-corrected chi connectivity index (χ2v) is 5.82. The molecule has 1 fully saturated rings. The van der Waals surface area contributed by atoms with Crippen LogP contribution in [0.4, 0.5) is 0 Å². The Labute approximate surface area is 94.3 Å². The van der Waals surface area contributed by atoms with Gasteiger partial charge in [-0.05, 0) is 24.1 Å². The fourth-order valence-electron chi connectivity index (χ4n) is 2.07. The number of phenolic OH excluding ortho intramolecular Hbond substituents is 1. The molecule has 0 aromatic heterocycles. The zero-order chi connectivity index (χ0) is 10.9. The van der Waals surface area contributed by atoms with Crippen molar-refractivity contribution in [3.8, 4) is 5.75 Å². The first-order chi connectivity index (χ1) is 7.07. The lowest BCUT2D eigenvalue weighted by molar-refractivity contribution is 0.0642. The highest BCUT2D eigenvalue weighted by atomic mass is 32.2. The summed E-state index contributed by atoms with van der Waals surface area (Å²) in [6.45, 7) is 2.15. The van der Waals surface area contributed by atoms with E-state index >= 15 is 0 Å². The quantitative estimate of drug-likeness (QED) is 0.809. The van der Waals surface area contributed by atoms with E-state index in [2.05, 4.69) is 6.92 Å². The van der Waals surface area contributed by atoms with Crippen LogP contribution < -0.4 is 0 Å². The third-order valence-electron chi connectivity index (χ3n) is 2.77. The van der Waals surface area contributed by atoms with Crippen LogP contribution in [0.3, 0.4) is 0 Å². The lowest BCUT2D eigenvalue weighted by Crippen LogP contribution is -2.31. The number of hydrogen-bond donors (Lipinski definition) is 2. The first-order valence-corrected chi connectivity index (χ1v) is 6.24. The van der Waals surface area contributed by atoms with E-state index < -0.39 is 5.60 Å². The van der Waals surface area contributed by atoms with Crippen LogP contribution >= 0.6 is 11.8 Å². The zero-order valence-electron chi connectivity index (χ0n) is 8.81. The van der Waals surface area contributed by atoms with Gasteiger partial charge in [-0.3, -0.25) is 0 Å². The van der Waals surface area contributed by atoms with Gasteiger partial charge in [0.05, 0.1) is 5.60 Å². The van der Waals surface area contributed by atoms with Crippen LogP contribution in [0.5, 0.6) is 5.75 Å². The zero-order valence-corrected chi connectivity index (χ0v) is 9.63. The van der Waals surface area contributed by atoms with Crippen LogP contribution in [0.2, 0.25) is 0 Å². The number of aliphatic hydroxyl groups is 1. The predicted octanol–water partition coefficient (Wildman–Crippen LogP) is 2.19. The number of phenols is 1. The molecule has 15 heavy (non-hydrogen) atoms. The highest BCUT2D eigenvalue weighted by Gasteiger charge is 2.35. The summed E-state index contributed by atoms with van der Waals surface area (Å²) in [5.41, 5.74) is 0.533. The molecule has 2 rings (SSSR count). The maximum atomic E-state index is 10.3. The van der Waals surface area contributed by atoms with E-state index in [4.69, 9.17) is 5.11 Å². The summed E-state index contributed by atoms with van der Waals surface area (Å²) in [7, 11) is 0. The van der Waals surface area contributed by atoms with Crippen LogP contribution in [0.25, 0.3) is 0 Å². The maximum Gasteiger partial charge on any atom is 0.115 e. The van der Waals surface area contributed by atoms with E-state index in [0.717, 1.165) is 17.7 Å². The molecule has 1 aliphatic heterocycles. The summed E-state index contributed by atoms with van der Waals surface area (Å²) in [5, 5.41) is 20.0. The summed E-state index contributed by atoms with van der Waals surface area (Å²) in [4.78, 5) is 0. The Hall–Kier alpha value is -0.670. The van der Waals surface area contributed by atoms with Gasteiger partial charge in [-0.25, -0.2) is 0 Å². The highest BCUT2D eigenvalue weighted by molar-refractivity contribution is 8.00. The van der Waals surface area contributed by atoms with E-state index in [-0.39, 0.29) is 5.75 Å². The number of benzene rings is 1. The van der Waals surface area contributed by atoms with Gasteiger partial charge in [0.2, 0.25) is 0 Å². The van der Waals surface area contributed by atoms with Gasteiger partial charge in [0.25, 0.3) is 0 Å². The Kier molecular flexibility index (Phi) is 2.94. The van der Waals surface area contributed by atoms with Gasteiger partial charge in [-0.2, -0.15) is 11.8 Å². The average molecular weight is 224 g/mol. The molecular formula is C12H16O2S. The van der Waals surface area contributed by atoms with Crippen LogP contribution in [-0.2, 0) is 6.42 Å². The first kappa shape index (κ1) is 10.8. The molecule has 1 aromatic rings. The van der Waals surface area contributed by atoms with Crippen LogP contribution in [0.15, 0.2) is 24.3 Å². The van der Waals surface area contributed by atoms with Crippen LogP contribution in [-0.4, -0.2) is 26.8 Å². The molecule has 2 N–H and O–H groups in total. The predicted molar refractivity (Wildman–Crippen MR) is 63.3 cm³/mol. The lowest BCUT2D eigenvalue weighted by Gasteiger charge is -2.21. The van der Waals surface area contributed by atoms with Crippen molar-refractivity contribution in [2.75, 3.05) is 5.75 Å². The van der Waals surface area contributed by atoms with Crippen molar-refractivity contribution in [3.05, 3.63) is 29.8 Å². The molecule has 2 nitrogen and oxygen atoms in total. The van der Waals surface area contributed by atoms with Crippen LogP contribution in [0, 0.1) is 0 Å². The SMILES string of the molecule is CC1CC(O)(Cc2ccc(O)cc2)CS1. The molecule has 2 unspecified atom stereocenters. The molecule has 82 valence electrons. The van der Waals surface area contributed by atoms with E-state index in [1.165, 1.54) is 0 Å². The first-order valence-electron chi connectivity index (χ1n) is 5.19.